The van der Waals surface area contributed by atoms with Crippen LogP contribution in [-0.4, -0.2) is 72.8 Å². The van der Waals surface area contributed by atoms with Crippen molar-refractivity contribution < 1.29 is 9.59 Å². The smallest absolute Gasteiger partial charge is 0.324 e. The molecule has 0 atom stereocenters. The second-order valence-electron chi connectivity index (χ2n) is 7.37. The van der Waals surface area contributed by atoms with Crippen molar-refractivity contribution in [2.24, 2.45) is 0 Å². The fourth-order valence-corrected chi connectivity index (χ4v) is 4.55. The third kappa shape index (κ3) is 5.39. The van der Waals surface area contributed by atoms with Crippen molar-refractivity contribution in [3.63, 3.8) is 0 Å². The first-order valence-electron chi connectivity index (χ1n) is 9.86. The van der Waals surface area contributed by atoms with Crippen molar-refractivity contribution in [1.82, 2.24) is 15.1 Å². The lowest BCUT2D eigenvalue weighted by atomic mass is 10.2. The van der Waals surface area contributed by atoms with Crippen molar-refractivity contribution in [3.8, 4) is 0 Å². The molecule has 0 radical (unpaired) electrons. The van der Waals surface area contributed by atoms with E-state index in [-0.39, 0.29) is 18.5 Å². The molecule has 3 rings (SSSR count). The van der Waals surface area contributed by atoms with Crippen molar-refractivity contribution in [3.05, 3.63) is 24.3 Å². The van der Waals surface area contributed by atoms with Crippen molar-refractivity contribution in [1.29, 1.82) is 0 Å². The van der Waals surface area contributed by atoms with Crippen molar-refractivity contribution in [2.45, 2.75) is 36.8 Å². The highest BCUT2D eigenvalue weighted by Gasteiger charge is 2.27. The molecule has 2 aliphatic rings. The molecule has 0 unspecified atom stereocenters. The van der Waals surface area contributed by atoms with Gasteiger partial charge in [0, 0.05) is 42.9 Å². The lowest BCUT2D eigenvalue weighted by molar-refractivity contribution is -0.125. The van der Waals surface area contributed by atoms with Crippen LogP contribution in [0.25, 0.3) is 0 Å². The van der Waals surface area contributed by atoms with Crippen LogP contribution in [0.3, 0.4) is 0 Å². The summed E-state index contributed by atoms with van der Waals surface area (Å²) in [6.45, 7) is 10.4. The summed E-state index contributed by atoms with van der Waals surface area (Å²) < 4.78 is 0. The molecule has 1 aromatic rings. The molecular weight excluding hydrogens is 360 g/mol. The molecule has 27 heavy (non-hydrogen) atoms. The number of unbranched alkanes of at least 4 members (excludes halogenated alkanes) is 1. The Hall–Kier alpha value is -1.73. The standard InChI is InChI=1S/C20H30N4O2S/c1-16(2)27-18-8-4-3-7-17(18)23-13-11-22(12-14-23)9-5-6-10-24-19(25)15-21-20(24)26/h3-4,7-8,16H,5-6,9-15H2,1-2H3,(H,21,26). The molecule has 0 saturated carbocycles. The summed E-state index contributed by atoms with van der Waals surface area (Å²) in [4.78, 5) is 30.8. The van der Waals surface area contributed by atoms with Crippen LogP contribution in [0.1, 0.15) is 26.7 Å². The van der Waals surface area contributed by atoms with Gasteiger partial charge < -0.3 is 10.2 Å². The molecule has 2 heterocycles. The number of nitrogens with one attached hydrogen (secondary N) is 1. The van der Waals surface area contributed by atoms with Crippen LogP contribution in [0.2, 0.25) is 0 Å². The maximum absolute atomic E-state index is 11.6. The highest BCUT2D eigenvalue weighted by atomic mass is 32.2. The summed E-state index contributed by atoms with van der Waals surface area (Å²) in [7, 11) is 0. The van der Waals surface area contributed by atoms with Gasteiger partial charge >= 0.3 is 6.03 Å². The average Bonchev–Trinajstić information content (AvgIpc) is 2.97. The number of para-hydroxylation sites is 1. The number of amides is 3. The van der Waals surface area contributed by atoms with E-state index in [0.717, 1.165) is 45.6 Å². The van der Waals surface area contributed by atoms with Crippen molar-refractivity contribution >= 4 is 29.4 Å². The maximum Gasteiger partial charge on any atom is 0.324 e. The number of hydrogen-bond donors (Lipinski definition) is 1. The number of urea groups is 1. The number of benzene rings is 1. The first kappa shape index (κ1) is 20.0. The lowest BCUT2D eigenvalue weighted by Gasteiger charge is -2.37. The van der Waals surface area contributed by atoms with E-state index >= 15 is 0 Å². The van der Waals surface area contributed by atoms with Gasteiger partial charge in [-0.1, -0.05) is 26.0 Å². The minimum absolute atomic E-state index is 0.105. The molecule has 148 valence electrons. The van der Waals surface area contributed by atoms with E-state index in [1.807, 2.05) is 11.8 Å². The van der Waals surface area contributed by atoms with Gasteiger partial charge in [-0.25, -0.2) is 4.79 Å². The van der Waals surface area contributed by atoms with Crippen LogP contribution in [0.4, 0.5) is 10.5 Å². The molecule has 0 bridgehead atoms. The second-order valence-corrected chi connectivity index (χ2v) is 8.99. The van der Waals surface area contributed by atoms with Gasteiger partial charge in [-0.2, -0.15) is 0 Å². The van der Waals surface area contributed by atoms with Gasteiger partial charge in [-0.05, 0) is 31.5 Å². The van der Waals surface area contributed by atoms with Crippen LogP contribution in [0.15, 0.2) is 29.2 Å². The Morgan fingerprint density at radius 3 is 2.41 bits per heavy atom. The molecule has 2 saturated heterocycles. The number of hydrogen-bond acceptors (Lipinski definition) is 5. The van der Waals surface area contributed by atoms with Crippen LogP contribution < -0.4 is 10.2 Å². The van der Waals surface area contributed by atoms with E-state index in [1.165, 1.54) is 15.5 Å². The summed E-state index contributed by atoms with van der Waals surface area (Å²) in [5.74, 6) is -0.105. The molecule has 3 amide bonds. The maximum atomic E-state index is 11.6. The summed E-state index contributed by atoms with van der Waals surface area (Å²) in [5, 5.41) is 3.15. The monoisotopic (exact) mass is 390 g/mol. The predicted octanol–water partition coefficient (Wildman–Crippen LogP) is 2.64. The number of anilines is 1. The summed E-state index contributed by atoms with van der Waals surface area (Å²) in [6, 6.07) is 8.46. The SMILES string of the molecule is CC(C)Sc1ccccc1N1CCN(CCCCN2C(=O)CNC2=O)CC1. The molecule has 1 N–H and O–H groups in total. The number of imide groups is 1. The number of carbonyl (C=O) groups excluding carboxylic acids is 2. The predicted molar refractivity (Wildman–Crippen MR) is 110 cm³/mol. The van der Waals surface area contributed by atoms with Gasteiger partial charge in [0.1, 0.15) is 0 Å². The topological polar surface area (TPSA) is 55.9 Å². The van der Waals surface area contributed by atoms with E-state index in [2.05, 4.69) is 53.2 Å². The van der Waals surface area contributed by atoms with Gasteiger partial charge in [-0.15, -0.1) is 11.8 Å². The Kier molecular flexibility index (Phi) is 7.01. The molecular formula is C20H30N4O2S. The number of rotatable bonds is 8. The number of carbonyl (C=O) groups is 2. The zero-order valence-electron chi connectivity index (χ0n) is 16.3. The van der Waals surface area contributed by atoms with Crippen LogP contribution in [0, 0.1) is 0 Å². The first-order valence-corrected chi connectivity index (χ1v) is 10.7. The van der Waals surface area contributed by atoms with Crippen LogP contribution in [-0.2, 0) is 4.79 Å². The Labute approximate surface area is 166 Å². The minimum atomic E-state index is -0.244. The van der Waals surface area contributed by atoms with E-state index < -0.39 is 0 Å². The van der Waals surface area contributed by atoms with E-state index in [4.69, 9.17) is 0 Å². The van der Waals surface area contributed by atoms with Gasteiger partial charge in [0.25, 0.3) is 0 Å². The fraction of sp³-hybridized carbons (Fsp3) is 0.600. The quantitative estimate of drug-likeness (QED) is 0.420. The third-order valence-corrected chi connectivity index (χ3v) is 6.05. The zero-order valence-corrected chi connectivity index (χ0v) is 17.1. The lowest BCUT2D eigenvalue weighted by Crippen LogP contribution is -2.46. The van der Waals surface area contributed by atoms with Crippen LogP contribution >= 0.6 is 11.8 Å². The first-order chi connectivity index (χ1) is 13.0. The molecule has 0 aliphatic carbocycles. The molecule has 2 fully saturated rings. The van der Waals surface area contributed by atoms with Crippen LogP contribution in [0.5, 0.6) is 0 Å². The summed E-state index contributed by atoms with van der Waals surface area (Å²) in [6.07, 6.45) is 1.88. The number of nitrogens with zero attached hydrogens (tertiary/aromatic N) is 3. The van der Waals surface area contributed by atoms with E-state index in [9.17, 15) is 9.59 Å². The highest BCUT2D eigenvalue weighted by molar-refractivity contribution is 8.00. The normalized spacial score (nSPS) is 18.5. The third-order valence-electron chi connectivity index (χ3n) is 4.98. The Balaban J connectivity index is 1.40. The molecule has 1 aromatic carbocycles. The van der Waals surface area contributed by atoms with Crippen molar-refractivity contribution in [2.75, 3.05) is 50.7 Å². The Morgan fingerprint density at radius 2 is 1.74 bits per heavy atom. The molecule has 2 aliphatic heterocycles. The minimum Gasteiger partial charge on any atom is -0.368 e. The summed E-state index contributed by atoms with van der Waals surface area (Å²) in [5.41, 5.74) is 1.36. The van der Waals surface area contributed by atoms with Gasteiger partial charge in [0.15, 0.2) is 0 Å². The molecule has 0 spiro atoms. The molecule has 6 nitrogen and oxygen atoms in total. The highest BCUT2D eigenvalue weighted by Crippen LogP contribution is 2.33. The summed E-state index contributed by atoms with van der Waals surface area (Å²) >= 11 is 1.93. The zero-order chi connectivity index (χ0) is 19.2. The van der Waals surface area contributed by atoms with E-state index in [0.29, 0.717) is 11.8 Å². The molecule has 7 heteroatoms. The van der Waals surface area contributed by atoms with Gasteiger partial charge in [0.05, 0.1) is 12.2 Å². The number of piperazine rings is 1. The fourth-order valence-electron chi connectivity index (χ4n) is 3.57. The Bertz CT molecular complexity index is 643. The Morgan fingerprint density at radius 1 is 1.04 bits per heavy atom. The van der Waals surface area contributed by atoms with Gasteiger partial charge in [-0.3, -0.25) is 14.6 Å². The van der Waals surface area contributed by atoms with E-state index in [1.54, 1.807) is 0 Å². The number of thioether (sulfide) groups is 1. The van der Waals surface area contributed by atoms with Gasteiger partial charge in [0.2, 0.25) is 5.91 Å². The average molecular weight is 391 g/mol. The molecule has 0 aromatic heterocycles. The largest absolute Gasteiger partial charge is 0.368 e. The second kappa shape index (κ2) is 9.46.